The quantitative estimate of drug-likeness (QED) is 0.519. The average molecular weight is 257 g/mol. The molecule has 0 N–H and O–H groups in total. The van der Waals surface area contributed by atoms with Crippen LogP contribution in [0.1, 0.15) is 72.6 Å². The number of hydrogen-bond acceptors (Lipinski definition) is 1. The first kappa shape index (κ1) is 15.2. The van der Waals surface area contributed by atoms with E-state index >= 15 is 0 Å². The Labute approximate surface area is 109 Å². The summed E-state index contributed by atoms with van der Waals surface area (Å²) in [6.07, 6.45) is 9.48. The maximum atomic E-state index is 6.61. The first-order valence-electron chi connectivity index (χ1n) is 7.37. The molecule has 0 aromatic heterocycles. The van der Waals surface area contributed by atoms with Gasteiger partial charge in [0.05, 0.1) is 5.60 Å². The van der Waals surface area contributed by atoms with Crippen LogP contribution in [0.2, 0.25) is 18.1 Å². The average Bonchev–Trinajstić information content (AvgIpc) is 2.14. The first-order valence-corrected chi connectivity index (χ1v) is 10.3. The summed E-state index contributed by atoms with van der Waals surface area (Å²) in [5.41, 5.74) is 0.0807. The van der Waals surface area contributed by atoms with Crippen molar-refractivity contribution in [3.63, 3.8) is 0 Å². The van der Waals surface area contributed by atoms with Crippen LogP contribution in [-0.2, 0) is 4.43 Å². The molecule has 1 aliphatic heterocycles. The van der Waals surface area contributed by atoms with Crippen molar-refractivity contribution in [3.8, 4) is 0 Å². The Morgan fingerprint density at radius 1 is 0.765 bits per heavy atom. The second-order valence-electron chi connectivity index (χ2n) is 7.52. The van der Waals surface area contributed by atoms with Gasteiger partial charge in [-0.15, -0.1) is 0 Å². The Bertz CT molecular complexity index is 243. The molecule has 17 heavy (non-hydrogen) atoms. The smallest absolute Gasteiger partial charge is 0.193 e. The molecule has 0 aliphatic carbocycles. The van der Waals surface area contributed by atoms with Gasteiger partial charge >= 0.3 is 0 Å². The van der Waals surface area contributed by atoms with Gasteiger partial charge in [-0.3, -0.25) is 0 Å². The molecule has 1 saturated heterocycles. The Morgan fingerprint density at radius 2 is 1.24 bits per heavy atom. The molecule has 0 aromatic rings. The van der Waals surface area contributed by atoms with Crippen LogP contribution in [0.5, 0.6) is 0 Å². The van der Waals surface area contributed by atoms with E-state index in [2.05, 4.69) is 40.8 Å². The molecule has 0 saturated carbocycles. The van der Waals surface area contributed by atoms with Crippen molar-refractivity contribution in [1.82, 2.24) is 0 Å². The third-order valence-corrected chi connectivity index (χ3v) is 9.31. The summed E-state index contributed by atoms with van der Waals surface area (Å²) < 4.78 is 6.61. The molecule has 0 bridgehead atoms. The molecule has 0 atom stereocenters. The molecule has 0 unspecified atom stereocenters. The fourth-order valence-electron chi connectivity index (χ4n) is 2.83. The zero-order chi connectivity index (χ0) is 13.2. The fraction of sp³-hybridized carbons (Fsp3) is 1.00. The highest BCUT2D eigenvalue weighted by Crippen LogP contribution is 2.45. The molecule has 1 aliphatic rings. The van der Waals surface area contributed by atoms with Gasteiger partial charge in [0.15, 0.2) is 8.32 Å². The highest BCUT2D eigenvalue weighted by Gasteiger charge is 2.43. The lowest BCUT2D eigenvalue weighted by Gasteiger charge is -2.44. The van der Waals surface area contributed by atoms with Gasteiger partial charge in [-0.25, -0.2) is 0 Å². The molecule has 0 radical (unpaired) electrons. The third kappa shape index (κ3) is 4.40. The standard InChI is InChI=1S/C15H32OSi/c1-14(2)12-10-8-7-9-11-13-15(3,4)17(5,6)16-14/h7-13H2,1-6H3. The molecular weight excluding hydrogens is 224 g/mol. The molecule has 102 valence electrons. The second-order valence-corrected chi connectivity index (χ2v) is 12.1. The third-order valence-electron chi connectivity index (χ3n) is 4.74. The predicted molar refractivity (Wildman–Crippen MR) is 79.0 cm³/mol. The molecular formula is C15H32OSi. The minimum absolute atomic E-state index is 0.0807. The SMILES string of the molecule is CC1(C)CCCCCCCC(C)(C)[Si](C)(C)O1. The number of rotatable bonds is 0. The predicted octanol–water partition coefficient (Wildman–Crippen LogP) is 5.51. The largest absolute Gasteiger partial charge is 0.412 e. The van der Waals surface area contributed by atoms with E-state index in [1.54, 1.807) is 0 Å². The molecule has 1 fully saturated rings. The zero-order valence-corrected chi connectivity index (χ0v) is 13.9. The topological polar surface area (TPSA) is 9.23 Å². The van der Waals surface area contributed by atoms with Crippen molar-refractivity contribution < 1.29 is 4.43 Å². The summed E-state index contributed by atoms with van der Waals surface area (Å²) in [5, 5.41) is 0.397. The minimum atomic E-state index is -1.61. The Balaban J connectivity index is 2.82. The van der Waals surface area contributed by atoms with Crippen molar-refractivity contribution in [1.29, 1.82) is 0 Å². The van der Waals surface area contributed by atoms with Gasteiger partial charge in [0.1, 0.15) is 0 Å². The van der Waals surface area contributed by atoms with Crippen LogP contribution in [0.15, 0.2) is 0 Å². The van der Waals surface area contributed by atoms with Crippen molar-refractivity contribution >= 4 is 8.32 Å². The maximum absolute atomic E-state index is 6.61. The van der Waals surface area contributed by atoms with Crippen molar-refractivity contribution in [2.45, 2.75) is 96.4 Å². The van der Waals surface area contributed by atoms with Gasteiger partial charge in [0, 0.05) is 0 Å². The van der Waals surface area contributed by atoms with Crippen LogP contribution in [0.3, 0.4) is 0 Å². The van der Waals surface area contributed by atoms with Gasteiger partial charge in [-0.2, -0.15) is 0 Å². The van der Waals surface area contributed by atoms with Gasteiger partial charge in [-0.05, 0) is 44.8 Å². The van der Waals surface area contributed by atoms with E-state index in [1.807, 2.05) is 0 Å². The van der Waals surface area contributed by atoms with Crippen molar-refractivity contribution in [3.05, 3.63) is 0 Å². The minimum Gasteiger partial charge on any atom is -0.412 e. The van der Waals surface area contributed by atoms with Crippen molar-refractivity contribution in [2.24, 2.45) is 0 Å². The van der Waals surface area contributed by atoms with E-state index in [-0.39, 0.29) is 5.60 Å². The maximum Gasteiger partial charge on any atom is 0.193 e. The molecule has 1 nitrogen and oxygen atoms in total. The van der Waals surface area contributed by atoms with Crippen LogP contribution < -0.4 is 0 Å². The highest BCUT2D eigenvalue weighted by molar-refractivity contribution is 6.74. The Hall–Kier alpha value is 0.177. The summed E-state index contributed by atoms with van der Waals surface area (Å²) >= 11 is 0. The Kier molecular flexibility index (Phi) is 4.87. The van der Waals surface area contributed by atoms with Gasteiger partial charge in [0.2, 0.25) is 0 Å². The van der Waals surface area contributed by atoms with E-state index in [0.29, 0.717) is 5.04 Å². The van der Waals surface area contributed by atoms with Crippen LogP contribution in [0.25, 0.3) is 0 Å². The molecule has 0 amide bonds. The van der Waals surface area contributed by atoms with Crippen molar-refractivity contribution in [2.75, 3.05) is 0 Å². The van der Waals surface area contributed by atoms with Gasteiger partial charge in [0.25, 0.3) is 0 Å². The lowest BCUT2D eigenvalue weighted by atomic mass is 9.99. The van der Waals surface area contributed by atoms with Crippen LogP contribution in [0.4, 0.5) is 0 Å². The molecule has 0 aromatic carbocycles. The fourth-order valence-corrected chi connectivity index (χ4v) is 5.37. The molecule has 1 heterocycles. The summed E-state index contributed by atoms with van der Waals surface area (Å²) in [7, 11) is -1.61. The lowest BCUT2D eigenvalue weighted by Crippen LogP contribution is -2.48. The Morgan fingerprint density at radius 3 is 1.82 bits per heavy atom. The lowest BCUT2D eigenvalue weighted by molar-refractivity contribution is 0.0786. The van der Waals surface area contributed by atoms with Crippen LogP contribution >= 0.6 is 0 Å². The molecule has 2 heteroatoms. The summed E-state index contributed by atoms with van der Waals surface area (Å²) in [5.74, 6) is 0. The molecule has 0 spiro atoms. The van der Waals surface area contributed by atoms with E-state index < -0.39 is 8.32 Å². The van der Waals surface area contributed by atoms with Crippen LogP contribution in [-0.4, -0.2) is 13.9 Å². The van der Waals surface area contributed by atoms with E-state index in [9.17, 15) is 0 Å². The summed E-state index contributed by atoms with van der Waals surface area (Å²) in [6.45, 7) is 14.2. The highest BCUT2D eigenvalue weighted by atomic mass is 28.4. The summed E-state index contributed by atoms with van der Waals surface area (Å²) in [4.78, 5) is 0. The molecule has 1 rings (SSSR count). The van der Waals surface area contributed by atoms with E-state index in [4.69, 9.17) is 4.43 Å². The summed E-state index contributed by atoms with van der Waals surface area (Å²) in [6, 6.07) is 0. The zero-order valence-electron chi connectivity index (χ0n) is 12.9. The van der Waals surface area contributed by atoms with Crippen LogP contribution in [0, 0.1) is 0 Å². The van der Waals surface area contributed by atoms with E-state index in [0.717, 1.165) is 0 Å². The van der Waals surface area contributed by atoms with Gasteiger partial charge in [-0.1, -0.05) is 46.0 Å². The van der Waals surface area contributed by atoms with Gasteiger partial charge < -0.3 is 4.43 Å². The second kappa shape index (κ2) is 5.44. The monoisotopic (exact) mass is 256 g/mol. The normalized spacial score (nSPS) is 29.3. The van der Waals surface area contributed by atoms with E-state index in [1.165, 1.54) is 44.9 Å². The first-order chi connectivity index (χ1) is 7.66. The number of hydrogen-bond donors (Lipinski definition) is 0.